The molecule has 2 aliphatic heterocycles. The number of hydrogen-bond donors (Lipinski definition) is 0. The summed E-state index contributed by atoms with van der Waals surface area (Å²) in [4.78, 5) is 14.9. The first-order valence-electron chi connectivity index (χ1n) is 8.17. The van der Waals surface area contributed by atoms with Crippen LogP contribution in [0.15, 0.2) is 30.3 Å². The highest BCUT2D eigenvalue weighted by Gasteiger charge is 2.37. The van der Waals surface area contributed by atoms with Gasteiger partial charge in [0.15, 0.2) is 6.29 Å². The molecule has 0 radical (unpaired) electrons. The second-order valence-electron chi connectivity index (χ2n) is 6.73. The van der Waals surface area contributed by atoms with Crippen molar-refractivity contribution in [2.75, 3.05) is 26.3 Å². The van der Waals surface area contributed by atoms with Crippen LogP contribution in [-0.4, -0.2) is 43.4 Å². The zero-order valence-electron chi connectivity index (χ0n) is 13.5. The van der Waals surface area contributed by atoms with Crippen LogP contribution in [0.25, 0.3) is 0 Å². The van der Waals surface area contributed by atoms with Gasteiger partial charge in [0.25, 0.3) is 0 Å². The molecule has 0 aliphatic carbocycles. The van der Waals surface area contributed by atoms with Gasteiger partial charge in [-0.1, -0.05) is 30.3 Å². The molecule has 0 spiro atoms. The van der Waals surface area contributed by atoms with Crippen LogP contribution in [0.4, 0.5) is 0 Å². The molecule has 1 amide bonds. The summed E-state index contributed by atoms with van der Waals surface area (Å²) < 4.78 is 11.2. The van der Waals surface area contributed by atoms with Crippen LogP contribution in [0.5, 0.6) is 0 Å². The molecule has 3 rings (SSSR count). The van der Waals surface area contributed by atoms with Crippen molar-refractivity contribution < 1.29 is 14.3 Å². The maximum Gasteiger partial charge on any atom is 0.232 e. The summed E-state index contributed by atoms with van der Waals surface area (Å²) in [5.74, 6) is 0.636. The lowest BCUT2D eigenvalue weighted by Gasteiger charge is -2.38. The Kier molecular flexibility index (Phi) is 4.50. The number of benzene rings is 1. The molecule has 2 aliphatic rings. The van der Waals surface area contributed by atoms with Crippen LogP contribution in [0, 0.1) is 5.92 Å². The van der Waals surface area contributed by atoms with Gasteiger partial charge in [-0.25, -0.2) is 0 Å². The standard InChI is InChI=1S/C18H25NO3/c1-18(2,15-6-4-3-5-7-15)17(20)19-10-8-14(9-11-19)16-21-12-13-22-16/h3-7,14,16H,8-13H2,1-2H3. The van der Waals surface area contributed by atoms with Gasteiger partial charge in [-0.15, -0.1) is 0 Å². The van der Waals surface area contributed by atoms with Crippen LogP contribution in [0.1, 0.15) is 32.3 Å². The van der Waals surface area contributed by atoms with E-state index >= 15 is 0 Å². The van der Waals surface area contributed by atoms with Gasteiger partial charge >= 0.3 is 0 Å². The number of ether oxygens (including phenoxy) is 2. The Labute approximate surface area is 132 Å². The van der Waals surface area contributed by atoms with Crippen LogP contribution in [0.2, 0.25) is 0 Å². The van der Waals surface area contributed by atoms with Crippen LogP contribution in [-0.2, 0) is 19.7 Å². The van der Waals surface area contributed by atoms with Gasteiger partial charge in [0.2, 0.25) is 5.91 Å². The van der Waals surface area contributed by atoms with Gasteiger partial charge in [0, 0.05) is 19.0 Å². The fourth-order valence-corrected chi connectivity index (χ4v) is 3.40. The Morgan fingerprint density at radius 1 is 1.09 bits per heavy atom. The Balaban J connectivity index is 1.62. The van der Waals surface area contributed by atoms with Crippen molar-refractivity contribution in [1.29, 1.82) is 0 Å². The summed E-state index contributed by atoms with van der Waals surface area (Å²) in [7, 11) is 0. The summed E-state index contributed by atoms with van der Waals surface area (Å²) in [5.41, 5.74) is 0.596. The maximum atomic E-state index is 12.9. The smallest absolute Gasteiger partial charge is 0.232 e. The third-order valence-corrected chi connectivity index (χ3v) is 4.89. The van der Waals surface area contributed by atoms with Crippen LogP contribution < -0.4 is 0 Å². The molecule has 1 aromatic rings. The topological polar surface area (TPSA) is 38.8 Å². The number of carbonyl (C=O) groups is 1. The zero-order chi connectivity index (χ0) is 15.6. The van der Waals surface area contributed by atoms with E-state index in [1.807, 2.05) is 49.1 Å². The van der Waals surface area contributed by atoms with Gasteiger partial charge in [-0.05, 0) is 32.3 Å². The van der Waals surface area contributed by atoms with Gasteiger partial charge in [-0.2, -0.15) is 0 Å². The molecule has 0 atom stereocenters. The third kappa shape index (κ3) is 3.03. The first kappa shape index (κ1) is 15.5. The molecule has 0 bridgehead atoms. The van der Waals surface area contributed by atoms with E-state index in [0.717, 1.165) is 31.5 Å². The van der Waals surface area contributed by atoms with Gasteiger partial charge < -0.3 is 14.4 Å². The van der Waals surface area contributed by atoms with E-state index in [-0.39, 0.29) is 12.2 Å². The number of piperidine rings is 1. The average molecular weight is 303 g/mol. The summed E-state index contributed by atoms with van der Waals surface area (Å²) in [6, 6.07) is 10.0. The number of amides is 1. The lowest BCUT2D eigenvalue weighted by Crippen LogP contribution is -2.48. The van der Waals surface area contributed by atoms with Crippen LogP contribution >= 0.6 is 0 Å². The van der Waals surface area contributed by atoms with Gasteiger partial charge in [-0.3, -0.25) is 4.79 Å². The summed E-state index contributed by atoms with van der Waals surface area (Å²) in [6.45, 7) is 7.02. The number of rotatable bonds is 3. The van der Waals surface area contributed by atoms with Crippen molar-refractivity contribution in [3.8, 4) is 0 Å². The molecular weight excluding hydrogens is 278 g/mol. The molecule has 0 saturated carbocycles. The third-order valence-electron chi connectivity index (χ3n) is 4.89. The molecule has 22 heavy (non-hydrogen) atoms. The molecule has 2 fully saturated rings. The SMILES string of the molecule is CC(C)(C(=O)N1CCC(C2OCCO2)CC1)c1ccccc1. The number of hydrogen-bond acceptors (Lipinski definition) is 3. The Morgan fingerprint density at radius 3 is 2.27 bits per heavy atom. The van der Waals surface area contributed by atoms with Crippen molar-refractivity contribution in [2.24, 2.45) is 5.92 Å². The Hall–Kier alpha value is -1.39. The molecule has 120 valence electrons. The molecule has 0 unspecified atom stereocenters. The van der Waals surface area contributed by atoms with E-state index < -0.39 is 5.41 Å². The largest absolute Gasteiger partial charge is 0.350 e. The Bertz CT molecular complexity index is 500. The number of carbonyl (C=O) groups excluding carboxylic acids is 1. The lowest BCUT2D eigenvalue weighted by molar-refractivity contribution is -0.141. The lowest BCUT2D eigenvalue weighted by atomic mass is 9.82. The first-order valence-corrected chi connectivity index (χ1v) is 8.17. The molecule has 2 saturated heterocycles. The summed E-state index contributed by atoms with van der Waals surface area (Å²) in [5, 5.41) is 0. The Morgan fingerprint density at radius 2 is 1.68 bits per heavy atom. The molecule has 4 heteroatoms. The summed E-state index contributed by atoms with van der Waals surface area (Å²) >= 11 is 0. The molecule has 1 aromatic carbocycles. The predicted molar refractivity (Wildman–Crippen MR) is 84.5 cm³/mol. The maximum absolute atomic E-state index is 12.9. The monoisotopic (exact) mass is 303 g/mol. The van der Waals surface area contributed by atoms with Crippen molar-refractivity contribution >= 4 is 5.91 Å². The molecule has 0 aromatic heterocycles. The van der Waals surface area contributed by atoms with E-state index in [0.29, 0.717) is 19.1 Å². The van der Waals surface area contributed by atoms with Crippen molar-refractivity contribution in [2.45, 2.75) is 38.4 Å². The second kappa shape index (κ2) is 6.39. The molecular formula is C18H25NO3. The minimum atomic E-state index is -0.478. The van der Waals surface area contributed by atoms with E-state index in [2.05, 4.69) is 0 Å². The van der Waals surface area contributed by atoms with E-state index in [4.69, 9.17) is 9.47 Å². The van der Waals surface area contributed by atoms with E-state index in [1.54, 1.807) is 0 Å². The average Bonchev–Trinajstić information content (AvgIpc) is 3.09. The van der Waals surface area contributed by atoms with Gasteiger partial charge in [0.05, 0.1) is 18.6 Å². The fourth-order valence-electron chi connectivity index (χ4n) is 3.40. The first-order chi connectivity index (χ1) is 10.6. The van der Waals surface area contributed by atoms with Crippen molar-refractivity contribution in [3.63, 3.8) is 0 Å². The number of likely N-dealkylation sites (tertiary alicyclic amines) is 1. The van der Waals surface area contributed by atoms with Gasteiger partial charge in [0.1, 0.15) is 0 Å². The zero-order valence-corrected chi connectivity index (χ0v) is 13.5. The van der Waals surface area contributed by atoms with Crippen LogP contribution in [0.3, 0.4) is 0 Å². The minimum Gasteiger partial charge on any atom is -0.350 e. The van der Waals surface area contributed by atoms with Crippen molar-refractivity contribution in [1.82, 2.24) is 4.90 Å². The molecule has 4 nitrogen and oxygen atoms in total. The quantitative estimate of drug-likeness (QED) is 0.861. The predicted octanol–water partition coefficient (Wildman–Crippen LogP) is 2.58. The molecule has 0 N–H and O–H groups in total. The van der Waals surface area contributed by atoms with Crippen molar-refractivity contribution in [3.05, 3.63) is 35.9 Å². The number of nitrogens with zero attached hydrogens (tertiary/aromatic N) is 1. The molecule has 2 heterocycles. The minimum absolute atomic E-state index is 0.0561. The summed E-state index contributed by atoms with van der Waals surface area (Å²) in [6.07, 6.45) is 1.86. The normalized spacial score (nSPS) is 21.3. The van der Waals surface area contributed by atoms with E-state index in [1.165, 1.54) is 0 Å². The highest BCUT2D eigenvalue weighted by molar-refractivity contribution is 5.87. The highest BCUT2D eigenvalue weighted by Crippen LogP contribution is 2.30. The second-order valence-corrected chi connectivity index (χ2v) is 6.73. The van der Waals surface area contributed by atoms with E-state index in [9.17, 15) is 4.79 Å². The highest BCUT2D eigenvalue weighted by atomic mass is 16.7. The fraction of sp³-hybridized carbons (Fsp3) is 0.611.